The van der Waals surface area contributed by atoms with Crippen molar-refractivity contribution >= 4 is 40.1 Å². The fraction of sp³-hybridized carbons (Fsp3) is 0.448. The zero-order valence-electron chi connectivity index (χ0n) is 23.2. The number of nitriles is 1. The minimum atomic E-state index is -1.14. The number of nitrogens with zero attached hydrogens (tertiary/aromatic N) is 6. The average Bonchev–Trinajstić information content (AvgIpc) is 3.37. The molecule has 0 aliphatic carbocycles. The minimum absolute atomic E-state index is 0.00877. The lowest BCUT2D eigenvalue weighted by Crippen LogP contribution is -2.49. The molecule has 216 valence electrons. The second-order valence-electron chi connectivity index (χ2n) is 10.6. The zero-order valence-corrected chi connectivity index (χ0v) is 23.9. The third-order valence-electron chi connectivity index (χ3n) is 7.61. The average molecular weight is 581 g/mol. The van der Waals surface area contributed by atoms with E-state index in [0.29, 0.717) is 79.5 Å². The molecule has 0 spiro atoms. The fourth-order valence-corrected chi connectivity index (χ4v) is 5.23. The van der Waals surface area contributed by atoms with Crippen molar-refractivity contribution in [3.63, 3.8) is 0 Å². The molecule has 11 nitrogen and oxygen atoms in total. The first kappa shape index (κ1) is 30.0. The Bertz CT molecular complexity index is 1560. The molecule has 2 aromatic heterocycles. The van der Waals surface area contributed by atoms with Crippen LogP contribution in [0.25, 0.3) is 10.9 Å². The molecular formula is C29H33ClN6O5. The molecular weight excluding hydrogens is 548 g/mol. The van der Waals surface area contributed by atoms with E-state index in [1.807, 2.05) is 6.07 Å². The van der Waals surface area contributed by atoms with Gasteiger partial charge in [-0.3, -0.25) is 23.7 Å². The third-order valence-corrected chi connectivity index (χ3v) is 7.86. The summed E-state index contributed by atoms with van der Waals surface area (Å²) in [6.07, 6.45) is 5.21. The van der Waals surface area contributed by atoms with Gasteiger partial charge in [-0.1, -0.05) is 0 Å². The molecule has 3 heterocycles. The van der Waals surface area contributed by atoms with Gasteiger partial charge in [0, 0.05) is 51.9 Å². The Morgan fingerprint density at radius 1 is 1.20 bits per heavy atom. The van der Waals surface area contributed by atoms with E-state index >= 15 is 0 Å². The summed E-state index contributed by atoms with van der Waals surface area (Å²) in [5.74, 6) is -0.610. The van der Waals surface area contributed by atoms with Gasteiger partial charge < -0.3 is 19.5 Å². The number of unbranched alkanes of at least 4 members (excludes halogenated alkanes) is 1. The van der Waals surface area contributed by atoms with Gasteiger partial charge >= 0.3 is 0 Å². The summed E-state index contributed by atoms with van der Waals surface area (Å²) in [5, 5.41) is 20.6. The maximum Gasteiger partial charge on any atom is 0.270 e. The van der Waals surface area contributed by atoms with E-state index in [0.717, 1.165) is 0 Å². The molecule has 1 aromatic carbocycles. The molecule has 0 atom stereocenters. The normalized spacial score (nSPS) is 14.6. The quantitative estimate of drug-likeness (QED) is 0.220. The molecule has 41 heavy (non-hydrogen) atoms. The number of aromatic nitrogens is 3. The Morgan fingerprint density at radius 3 is 2.61 bits per heavy atom. The minimum Gasteiger partial charge on any atom is -0.388 e. The van der Waals surface area contributed by atoms with Crippen LogP contribution in [0.15, 0.2) is 41.6 Å². The maximum atomic E-state index is 12.9. The van der Waals surface area contributed by atoms with Crippen LogP contribution in [0.1, 0.15) is 58.5 Å². The van der Waals surface area contributed by atoms with Gasteiger partial charge in [-0.2, -0.15) is 5.26 Å². The van der Waals surface area contributed by atoms with Crippen LogP contribution in [-0.4, -0.2) is 84.8 Å². The number of hydrogen-bond acceptors (Lipinski definition) is 7. The van der Waals surface area contributed by atoms with Gasteiger partial charge in [0.1, 0.15) is 5.69 Å². The highest BCUT2D eigenvalue weighted by atomic mass is 35.5. The van der Waals surface area contributed by atoms with Crippen LogP contribution >= 0.6 is 11.6 Å². The number of carbonyl (C=O) groups is 3. The Hall–Kier alpha value is -4.01. The Kier molecular flexibility index (Phi) is 9.25. The van der Waals surface area contributed by atoms with Crippen molar-refractivity contribution < 1.29 is 19.5 Å². The Morgan fingerprint density at radius 2 is 1.93 bits per heavy atom. The van der Waals surface area contributed by atoms with Crippen molar-refractivity contribution in [2.45, 2.75) is 44.2 Å². The Labute approximate surface area is 242 Å². The smallest absolute Gasteiger partial charge is 0.270 e. The summed E-state index contributed by atoms with van der Waals surface area (Å²) in [5.41, 5.74) is 0.215. The number of carbonyl (C=O) groups excluding carboxylic acids is 3. The van der Waals surface area contributed by atoms with E-state index in [9.17, 15) is 24.3 Å². The van der Waals surface area contributed by atoms with Gasteiger partial charge in [0.15, 0.2) is 5.78 Å². The van der Waals surface area contributed by atoms with E-state index < -0.39 is 5.60 Å². The summed E-state index contributed by atoms with van der Waals surface area (Å²) in [6, 6.07) is 8.26. The summed E-state index contributed by atoms with van der Waals surface area (Å²) in [6.45, 7) is 1.29. The topological polar surface area (TPSA) is 142 Å². The van der Waals surface area contributed by atoms with E-state index in [4.69, 9.17) is 16.9 Å². The largest absolute Gasteiger partial charge is 0.388 e. The number of likely N-dealkylation sites (tertiary alicyclic amines) is 1. The third kappa shape index (κ3) is 6.84. The highest BCUT2D eigenvalue weighted by Crippen LogP contribution is 2.25. The number of rotatable bonds is 10. The molecule has 1 aliphatic rings. The van der Waals surface area contributed by atoms with E-state index in [1.54, 1.807) is 58.9 Å². The number of Topliss-reactive ketones (excluding diaryl/α,β-unsaturated/α-hetero) is 1. The van der Waals surface area contributed by atoms with Crippen LogP contribution in [0.5, 0.6) is 0 Å². The van der Waals surface area contributed by atoms with Crippen LogP contribution < -0.4 is 5.56 Å². The highest BCUT2D eigenvalue weighted by molar-refractivity contribution is 6.30. The summed E-state index contributed by atoms with van der Waals surface area (Å²) in [4.78, 5) is 57.9. The monoisotopic (exact) mass is 580 g/mol. The molecule has 1 aliphatic heterocycles. The van der Waals surface area contributed by atoms with Crippen molar-refractivity contribution in [2.75, 3.05) is 32.6 Å². The molecule has 0 bridgehead atoms. The van der Waals surface area contributed by atoms with Crippen molar-refractivity contribution in [3.8, 4) is 6.07 Å². The van der Waals surface area contributed by atoms with Gasteiger partial charge in [0.05, 0.1) is 46.9 Å². The maximum absolute atomic E-state index is 12.9. The first-order chi connectivity index (χ1) is 19.5. The first-order valence-electron chi connectivity index (χ1n) is 13.5. The second-order valence-corrected chi connectivity index (χ2v) is 10.9. The number of alkyl halides is 1. The zero-order chi connectivity index (χ0) is 29.7. The lowest BCUT2D eigenvalue weighted by molar-refractivity contribution is -0.136. The van der Waals surface area contributed by atoms with Gasteiger partial charge in [-0.05, 0) is 49.9 Å². The molecule has 1 N–H and O–H groups in total. The molecule has 4 rings (SSSR count). The number of fused-ring (bicyclic) bond motifs is 1. The molecule has 0 saturated carbocycles. The van der Waals surface area contributed by atoms with E-state index in [1.165, 1.54) is 10.9 Å². The summed E-state index contributed by atoms with van der Waals surface area (Å²) >= 11 is 5.61. The van der Waals surface area contributed by atoms with Crippen molar-refractivity contribution in [2.24, 2.45) is 7.05 Å². The molecule has 0 radical (unpaired) electrons. The first-order valence-corrected chi connectivity index (χ1v) is 14.0. The van der Waals surface area contributed by atoms with Crippen molar-refractivity contribution in [1.29, 1.82) is 5.26 Å². The molecule has 1 saturated heterocycles. The van der Waals surface area contributed by atoms with Gasteiger partial charge in [-0.15, -0.1) is 11.6 Å². The highest BCUT2D eigenvalue weighted by Gasteiger charge is 2.34. The van der Waals surface area contributed by atoms with Gasteiger partial charge in [-0.25, -0.2) is 4.98 Å². The number of piperidine rings is 1. The lowest BCUT2D eigenvalue weighted by Gasteiger charge is -2.38. The number of ketones is 1. The van der Waals surface area contributed by atoms with Crippen LogP contribution in [0.3, 0.4) is 0 Å². The number of amides is 2. The van der Waals surface area contributed by atoms with Crippen LogP contribution in [0.2, 0.25) is 0 Å². The number of halogens is 1. The Balaban J connectivity index is 1.23. The fourth-order valence-electron chi connectivity index (χ4n) is 5.08. The van der Waals surface area contributed by atoms with E-state index in [-0.39, 0.29) is 35.6 Å². The molecule has 3 aromatic rings. The predicted octanol–water partition coefficient (Wildman–Crippen LogP) is 2.32. The van der Waals surface area contributed by atoms with Gasteiger partial charge in [0.25, 0.3) is 11.5 Å². The molecule has 2 amide bonds. The lowest BCUT2D eigenvalue weighted by atomic mass is 9.91. The standard InChI is InChI=1S/C29H33ClN6O5/c1-33(28(40)24-14-21(17-34(24)2)25(37)15-30)10-4-3-5-26(38)35-11-8-29(41,9-12-35)18-36-19-32-23-13-20(16-31)6-7-22(23)27(36)39/h6-7,13-14,17,19,41H,3-5,8-12,15,18H2,1-2H3. The van der Waals surface area contributed by atoms with Crippen LogP contribution in [0.4, 0.5) is 0 Å². The van der Waals surface area contributed by atoms with Crippen LogP contribution in [-0.2, 0) is 18.4 Å². The predicted molar refractivity (Wildman–Crippen MR) is 153 cm³/mol. The number of aryl methyl sites for hydroxylation is 1. The summed E-state index contributed by atoms with van der Waals surface area (Å²) in [7, 11) is 3.39. The second kappa shape index (κ2) is 12.7. The van der Waals surface area contributed by atoms with Gasteiger partial charge in [0.2, 0.25) is 5.91 Å². The number of aliphatic hydroxyl groups is 1. The molecule has 1 fully saturated rings. The number of hydrogen-bond donors (Lipinski definition) is 1. The number of benzene rings is 1. The molecule has 0 unspecified atom stereocenters. The SMILES string of the molecule is CN(CCCCC(=O)N1CCC(O)(Cn2cnc3cc(C#N)ccc3c2=O)CC1)C(=O)c1cc(C(=O)CCl)cn1C. The van der Waals surface area contributed by atoms with Crippen molar-refractivity contribution in [1.82, 2.24) is 23.9 Å². The van der Waals surface area contributed by atoms with Crippen LogP contribution in [0, 0.1) is 11.3 Å². The molecule has 12 heteroatoms. The summed E-state index contributed by atoms with van der Waals surface area (Å²) < 4.78 is 2.99. The van der Waals surface area contributed by atoms with Crippen molar-refractivity contribution in [3.05, 3.63) is 64.0 Å². The van der Waals surface area contributed by atoms with E-state index in [2.05, 4.69) is 4.98 Å².